The molecule has 1 saturated heterocycles. The number of hydrogen-bond donors (Lipinski definition) is 0. The Labute approximate surface area is 125 Å². The quantitative estimate of drug-likeness (QED) is 0.864. The molecular formula is C12H14ClN5OS. The molecule has 0 saturated carbocycles. The summed E-state index contributed by atoms with van der Waals surface area (Å²) in [6.07, 6.45) is 5.34. The molecule has 0 amide bonds. The second-order valence-electron chi connectivity index (χ2n) is 4.75. The van der Waals surface area contributed by atoms with Crippen molar-refractivity contribution >= 4 is 28.8 Å². The molecule has 0 spiro atoms. The van der Waals surface area contributed by atoms with Gasteiger partial charge in [0.25, 0.3) is 5.56 Å². The molecule has 20 heavy (non-hydrogen) atoms. The van der Waals surface area contributed by atoms with Crippen LogP contribution < -0.4 is 10.5 Å². The van der Waals surface area contributed by atoms with Crippen LogP contribution in [0.4, 0.5) is 5.69 Å². The lowest BCUT2D eigenvalue weighted by atomic mass is 10.1. The van der Waals surface area contributed by atoms with Gasteiger partial charge in [-0.2, -0.15) is 5.10 Å². The standard InChI is InChI=1S/C12H14ClN5OS/c13-12-10(15-16-20-12)8-18-11(19)6-9(7-14-18)17-4-2-1-3-5-17/h6-7H,1-5,8H2. The van der Waals surface area contributed by atoms with Crippen LogP contribution in [0.3, 0.4) is 0 Å². The number of halogens is 1. The summed E-state index contributed by atoms with van der Waals surface area (Å²) in [5.74, 6) is 0. The van der Waals surface area contributed by atoms with Gasteiger partial charge in [0, 0.05) is 30.7 Å². The molecule has 106 valence electrons. The first kappa shape index (κ1) is 13.5. The van der Waals surface area contributed by atoms with Gasteiger partial charge in [-0.25, -0.2) is 4.68 Å². The van der Waals surface area contributed by atoms with E-state index >= 15 is 0 Å². The Morgan fingerprint density at radius 2 is 2.10 bits per heavy atom. The molecule has 3 heterocycles. The van der Waals surface area contributed by atoms with Crippen LogP contribution in [0.5, 0.6) is 0 Å². The highest BCUT2D eigenvalue weighted by Gasteiger charge is 2.13. The van der Waals surface area contributed by atoms with E-state index in [4.69, 9.17) is 11.6 Å². The van der Waals surface area contributed by atoms with E-state index in [1.54, 1.807) is 12.3 Å². The summed E-state index contributed by atoms with van der Waals surface area (Å²) in [5.41, 5.74) is 1.34. The van der Waals surface area contributed by atoms with Crippen molar-refractivity contribution in [1.82, 2.24) is 19.4 Å². The van der Waals surface area contributed by atoms with E-state index in [0.717, 1.165) is 30.3 Å². The van der Waals surface area contributed by atoms with Crippen molar-refractivity contribution in [3.05, 3.63) is 32.6 Å². The highest BCUT2D eigenvalue weighted by atomic mass is 35.5. The highest BCUT2D eigenvalue weighted by Crippen LogP contribution is 2.19. The minimum absolute atomic E-state index is 0.142. The van der Waals surface area contributed by atoms with Gasteiger partial charge < -0.3 is 4.90 Å². The minimum Gasteiger partial charge on any atom is -0.370 e. The van der Waals surface area contributed by atoms with E-state index in [9.17, 15) is 4.79 Å². The molecule has 0 aromatic carbocycles. The van der Waals surface area contributed by atoms with Crippen LogP contribution in [0, 0.1) is 0 Å². The first-order valence-corrected chi connectivity index (χ1v) is 7.68. The van der Waals surface area contributed by atoms with E-state index < -0.39 is 0 Å². The lowest BCUT2D eigenvalue weighted by molar-refractivity contribution is 0.570. The summed E-state index contributed by atoms with van der Waals surface area (Å²) in [7, 11) is 0. The molecule has 3 rings (SSSR count). The van der Waals surface area contributed by atoms with Gasteiger partial charge in [0.1, 0.15) is 10.0 Å². The van der Waals surface area contributed by atoms with Crippen LogP contribution in [0.2, 0.25) is 4.34 Å². The first-order valence-electron chi connectivity index (χ1n) is 6.53. The predicted octanol–water partition coefficient (Wildman–Crippen LogP) is 1.79. The molecule has 0 atom stereocenters. The van der Waals surface area contributed by atoms with Crippen LogP contribution in [0.25, 0.3) is 0 Å². The Hall–Kier alpha value is -1.47. The molecule has 8 heteroatoms. The lowest BCUT2D eigenvalue weighted by Gasteiger charge is -2.28. The Morgan fingerprint density at radius 1 is 1.30 bits per heavy atom. The topological polar surface area (TPSA) is 63.9 Å². The summed E-state index contributed by atoms with van der Waals surface area (Å²) in [5, 5.41) is 8.10. The van der Waals surface area contributed by atoms with Crippen molar-refractivity contribution in [2.45, 2.75) is 25.8 Å². The summed E-state index contributed by atoms with van der Waals surface area (Å²) in [4.78, 5) is 14.3. The number of nitrogens with zero attached hydrogens (tertiary/aromatic N) is 5. The maximum Gasteiger partial charge on any atom is 0.269 e. The maximum atomic E-state index is 12.1. The fraction of sp³-hybridized carbons (Fsp3) is 0.500. The molecule has 1 aliphatic rings. The number of piperidine rings is 1. The monoisotopic (exact) mass is 311 g/mol. The van der Waals surface area contributed by atoms with Crippen LogP contribution in [0.1, 0.15) is 25.0 Å². The predicted molar refractivity (Wildman–Crippen MR) is 78.6 cm³/mol. The van der Waals surface area contributed by atoms with E-state index in [-0.39, 0.29) is 12.1 Å². The SMILES string of the molecule is O=c1cc(N2CCCCC2)cnn1Cc1nnsc1Cl. The zero-order chi connectivity index (χ0) is 13.9. The van der Waals surface area contributed by atoms with Gasteiger partial charge in [0.15, 0.2) is 0 Å². The van der Waals surface area contributed by atoms with Crippen LogP contribution in [0.15, 0.2) is 17.1 Å². The van der Waals surface area contributed by atoms with Crippen molar-refractivity contribution < 1.29 is 0 Å². The van der Waals surface area contributed by atoms with Crippen LogP contribution in [-0.4, -0.2) is 32.5 Å². The summed E-state index contributed by atoms with van der Waals surface area (Å²) in [6, 6.07) is 1.63. The molecule has 0 radical (unpaired) electrons. The number of aromatic nitrogens is 4. The van der Waals surface area contributed by atoms with Crippen LogP contribution >= 0.6 is 23.1 Å². The summed E-state index contributed by atoms with van der Waals surface area (Å²) >= 11 is 7.05. The van der Waals surface area contributed by atoms with Crippen molar-refractivity contribution in [2.75, 3.05) is 18.0 Å². The Kier molecular flexibility index (Phi) is 3.98. The zero-order valence-electron chi connectivity index (χ0n) is 10.8. The molecule has 2 aromatic rings. The largest absolute Gasteiger partial charge is 0.370 e. The second-order valence-corrected chi connectivity index (χ2v) is 6.11. The third-order valence-electron chi connectivity index (χ3n) is 3.39. The third kappa shape index (κ3) is 2.83. The van der Waals surface area contributed by atoms with E-state index in [1.165, 1.54) is 23.9 Å². The molecule has 0 aliphatic carbocycles. The molecule has 2 aromatic heterocycles. The molecular weight excluding hydrogens is 298 g/mol. The van der Waals surface area contributed by atoms with Gasteiger partial charge in [-0.3, -0.25) is 4.79 Å². The molecule has 0 unspecified atom stereocenters. The molecule has 1 fully saturated rings. The van der Waals surface area contributed by atoms with E-state index in [2.05, 4.69) is 19.6 Å². The van der Waals surface area contributed by atoms with Crippen molar-refractivity contribution in [3.63, 3.8) is 0 Å². The first-order chi connectivity index (χ1) is 9.74. The average Bonchev–Trinajstić information content (AvgIpc) is 2.87. The fourth-order valence-corrected chi connectivity index (χ4v) is 2.91. The fourth-order valence-electron chi connectivity index (χ4n) is 2.30. The number of anilines is 1. The second kappa shape index (κ2) is 5.88. The van der Waals surface area contributed by atoms with Gasteiger partial charge in [-0.1, -0.05) is 16.1 Å². The third-order valence-corrected chi connectivity index (χ3v) is 4.37. The highest BCUT2D eigenvalue weighted by molar-refractivity contribution is 7.10. The number of hydrogen-bond acceptors (Lipinski definition) is 6. The van der Waals surface area contributed by atoms with E-state index in [1.807, 2.05) is 0 Å². The normalized spacial score (nSPS) is 15.6. The molecule has 6 nitrogen and oxygen atoms in total. The van der Waals surface area contributed by atoms with Gasteiger partial charge in [-0.15, -0.1) is 5.10 Å². The summed E-state index contributed by atoms with van der Waals surface area (Å²) in [6.45, 7) is 2.24. The smallest absolute Gasteiger partial charge is 0.269 e. The van der Waals surface area contributed by atoms with Crippen molar-refractivity contribution in [3.8, 4) is 0 Å². The van der Waals surface area contributed by atoms with Crippen molar-refractivity contribution in [1.29, 1.82) is 0 Å². The zero-order valence-corrected chi connectivity index (χ0v) is 12.4. The van der Waals surface area contributed by atoms with Crippen molar-refractivity contribution in [2.24, 2.45) is 0 Å². The van der Waals surface area contributed by atoms with Gasteiger partial charge in [-0.05, 0) is 19.3 Å². The van der Waals surface area contributed by atoms with Crippen LogP contribution in [-0.2, 0) is 6.54 Å². The Morgan fingerprint density at radius 3 is 2.75 bits per heavy atom. The average molecular weight is 312 g/mol. The maximum absolute atomic E-state index is 12.1. The summed E-state index contributed by atoms with van der Waals surface area (Å²) < 4.78 is 5.60. The van der Waals surface area contributed by atoms with Gasteiger partial charge >= 0.3 is 0 Å². The van der Waals surface area contributed by atoms with Gasteiger partial charge in [0.2, 0.25) is 0 Å². The number of rotatable bonds is 3. The molecule has 1 aliphatic heterocycles. The lowest BCUT2D eigenvalue weighted by Crippen LogP contribution is -2.32. The van der Waals surface area contributed by atoms with E-state index in [0.29, 0.717) is 10.0 Å². The van der Waals surface area contributed by atoms with Gasteiger partial charge in [0.05, 0.1) is 18.4 Å². The Balaban J connectivity index is 1.80. The Bertz CT molecular complexity index is 649. The molecule has 0 bridgehead atoms. The molecule has 0 N–H and O–H groups in total. The minimum atomic E-state index is -0.142.